The molecule has 11 heavy (non-hydrogen) atoms. The Morgan fingerprint density at radius 3 is 1.73 bits per heavy atom. The van der Waals surface area contributed by atoms with E-state index in [2.05, 4.69) is 0 Å². The van der Waals surface area contributed by atoms with Crippen molar-refractivity contribution in [3.8, 4) is 0 Å². The Balaban J connectivity index is 4.68. The van der Waals surface area contributed by atoms with Crippen molar-refractivity contribution in [2.75, 3.05) is 6.26 Å². The minimum Gasteiger partial charge on any atom is -0.240 e. The van der Waals surface area contributed by atoms with Crippen LogP contribution in [-0.2, 0) is 19.9 Å². The summed E-state index contributed by atoms with van der Waals surface area (Å²) in [6.45, 7) is 2.90. The lowest BCUT2D eigenvalue weighted by Gasteiger charge is -2.08. The lowest BCUT2D eigenvalue weighted by atomic mass is 10.6. The van der Waals surface area contributed by atoms with Gasteiger partial charge in [0.1, 0.15) is 9.92 Å². The molecule has 5 nitrogen and oxygen atoms in total. The second-order valence-electron chi connectivity index (χ2n) is 2.52. The fourth-order valence-electron chi connectivity index (χ4n) is 0.318. The predicted octanol–water partition coefficient (Wildman–Crippen LogP) is -0.0942. The van der Waals surface area contributed by atoms with Gasteiger partial charge < -0.3 is 0 Å². The third kappa shape index (κ3) is 4.33. The molecule has 0 aromatic carbocycles. The summed E-state index contributed by atoms with van der Waals surface area (Å²) in [7, 11) is -6.73. The smallest absolute Gasteiger partial charge is 0.225 e. The minimum absolute atomic E-state index is 0.659. The Morgan fingerprint density at radius 1 is 1.27 bits per heavy atom. The van der Waals surface area contributed by atoms with Gasteiger partial charge >= 0.3 is 0 Å². The van der Waals surface area contributed by atoms with E-state index in [1.54, 1.807) is 4.13 Å². The lowest BCUT2D eigenvalue weighted by molar-refractivity contribution is 0.583. The van der Waals surface area contributed by atoms with Crippen LogP contribution in [0.3, 0.4) is 0 Å². The van der Waals surface area contributed by atoms with Crippen molar-refractivity contribution >= 4 is 19.9 Å². The van der Waals surface area contributed by atoms with E-state index in [1.807, 2.05) is 0 Å². The maximum Gasteiger partial charge on any atom is 0.225 e. The first-order chi connectivity index (χ1) is 4.65. The molecule has 0 saturated heterocycles. The molecular weight excluding hydrogens is 188 g/mol. The van der Waals surface area contributed by atoms with Gasteiger partial charge in [0.05, 0.1) is 5.25 Å². The summed E-state index contributed by atoms with van der Waals surface area (Å²) in [5.74, 6) is 0. The van der Waals surface area contributed by atoms with Crippen molar-refractivity contribution in [2.45, 2.75) is 19.1 Å². The zero-order valence-corrected chi connectivity index (χ0v) is 8.25. The zero-order chi connectivity index (χ0) is 9.28. The van der Waals surface area contributed by atoms with Crippen LogP contribution in [0, 0.1) is 4.78 Å². The summed E-state index contributed by atoms with van der Waals surface area (Å²) in [5, 5.41) is -0.659. The monoisotopic (exact) mass is 200 g/mol. The molecule has 0 radical (unpaired) electrons. The largest absolute Gasteiger partial charge is 0.240 e. The van der Waals surface area contributed by atoms with E-state index in [4.69, 9.17) is 4.78 Å². The van der Waals surface area contributed by atoms with Gasteiger partial charge in [-0.2, -0.15) is 0 Å². The Hall–Kier alpha value is -0.140. The number of nitrogens with one attached hydrogen (secondary N) is 2. The van der Waals surface area contributed by atoms with Gasteiger partial charge in [-0.3, -0.25) is 0 Å². The van der Waals surface area contributed by atoms with Gasteiger partial charge in [-0.05, 0) is 13.8 Å². The van der Waals surface area contributed by atoms with Crippen LogP contribution in [0.25, 0.3) is 0 Å². The number of hydrogen-bond donors (Lipinski definition) is 2. The first-order valence-electron chi connectivity index (χ1n) is 2.91. The SMILES string of the molecule is CC(C)S(=O)(=O)NS(C)(=N)=O. The van der Waals surface area contributed by atoms with Crippen molar-refractivity contribution in [3.05, 3.63) is 0 Å². The van der Waals surface area contributed by atoms with Gasteiger partial charge in [0.25, 0.3) is 0 Å². The summed E-state index contributed by atoms with van der Waals surface area (Å²) >= 11 is 0. The van der Waals surface area contributed by atoms with Crippen LogP contribution in [0.5, 0.6) is 0 Å². The van der Waals surface area contributed by atoms with Crippen molar-refractivity contribution < 1.29 is 12.6 Å². The highest BCUT2D eigenvalue weighted by molar-refractivity contribution is 8.05. The summed E-state index contributed by atoms with van der Waals surface area (Å²) in [6, 6.07) is 0. The van der Waals surface area contributed by atoms with Gasteiger partial charge in [-0.15, -0.1) is 4.13 Å². The maximum absolute atomic E-state index is 10.9. The average molecular weight is 200 g/mol. The maximum atomic E-state index is 10.9. The molecule has 0 saturated carbocycles. The summed E-state index contributed by atoms with van der Waals surface area (Å²) in [4.78, 5) is 0. The molecule has 0 aliphatic heterocycles. The molecule has 0 bridgehead atoms. The molecule has 7 heteroatoms. The second-order valence-corrected chi connectivity index (χ2v) is 6.91. The molecule has 0 aromatic rings. The molecule has 0 rings (SSSR count). The predicted molar refractivity (Wildman–Crippen MR) is 44.0 cm³/mol. The Morgan fingerprint density at radius 2 is 1.64 bits per heavy atom. The van der Waals surface area contributed by atoms with Crippen LogP contribution in [0.1, 0.15) is 13.8 Å². The van der Waals surface area contributed by atoms with Crippen molar-refractivity contribution in [3.63, 3.8) is 0 Å². The summed E-state index contributed by atoms with van der Waals surface area (Å²) < 4.78 is 41.1. The normalized spacial score (nSPS) is 18.2. The lowest BCUT2D eigenvalue weighted by Crippen LogP contribution is -2.34. The van der Waals surface area contributed by atoms with Crippen molar-refractivity contribution in [2.24, 2.45) is 0 Å². The Kier molecular flexibility index (Phi) is 3.04. The molecule has 0 aromatic heterocycles. The fraction of sp³-hybridized carbons (Fsp3) is 1.00. The topological polar surface area (TPSA) is 87.1 Å². The number of sulfonamides is 1. The van der Waals surface area contributed by atoms with Gasteiger partial charge in [0.2, 0.25) is 10.0 Å². The first-order valence-corrected chi connectivity index (χ1v) is 6.42. The molecule has 68 valence electrons. The van der Waals surface area contributed by atoms with Crippen molar-refractivity contribution in [1.82, 2.24) is 4.13 Å². The highest BCUT2D eigenvalue weighted by Crippen LogP contribution is 1.97. The Labute approximate surface area is 67.3 Å². The van der Waals surface area contributed by atoms with E-state index in [9.17, 15) is 12.6 Å². The van der Waals surface area contributed by atoms with Gasteiger partial charge in [0, 0.05) is 6.26 Å². The molecule has 2 N–H and O–H groups in total. The van der Waals surface area contributed by atoms with Crippen LogP contribution in [-0.4, -0.2) is 24.1 Å². The zero-order valence-electron chi connectivity index (χ0n) is 6.62. The standard InChI is InChI=1S/C4H12N2O3S2/c1-4(2)11(8,9)6-10(3,5)7/h4H,1-3H3,(H2,5,6,7). The fourth-order valence-corrected chi connectivity index (χ4v) is 2.86. The van der Waals surface area contributed by atoms with E-state index in [1.165, 1.54) is 13.8 Å². The first kappa shape index (κ1) is 10.9. The number of rotatable bonds is 3. The quantitative estimate of drug-likeness (QED) is 0.667. The molecule has 0 aliphatic rings. The average Bonchev–Trinajstić information content (AvgIpc) is 1.56. The molecule has 0 amide bonds. The third-order valence-electron chi connectivity index (χ3n) is 0.896. The van der Waals surface area contributed by atoms with E-state index in [-0.39, 0.29) is 0 Å². The van der Waals surface area contributed by atoms with Gasteiger partial charge in [-0.25, -0.2) is 17.4 Å². The molecule has 0 fully saturated rings. The number of hydrogen-bond acceptors (Lipinski definition) is 4. The molecule has 0 spiro atoms. The highest BCUT2D eigenvalue weighted by atomic mass is 32.3. The molecule has 0 aliphatic carbocycles. The van der Waals surface area contributed by atoms with Crippen LogP contribution in [0.15, 0.2) is 0 Å². The third-order valence-corrected chi connectivity index (χ3v) is 4.34. The van der Waals surface area contributed by atoms with E-state index < -0.39 is 25.2 Å². The van der Waals surface area contributed by atoms with E-state index in [0.717, 1.165) is 6.26 Å². The van der Waals surface area contributed by atoms with Crippen LogP contribution in [0.2, 0.25) is 0 Å². The Bertz CT molecular complexity index is 313. The van der Waals surface area contributed by atoms with E-state index in [0.29, 0.717) is 0 Å². The van der Waals surface area contributed by atoms with Gasteiger partial charge in [-0.1, -0.05) is 0 Å². The summed E-state index contributed by atoms with van der Waals surface area (Å²) in [5.41, 5.74) is 0. The molecular formula is C4H12N2O3S2. The highest BCUT2D eigenvalue weighted by Gasteiger charge is 2.18. The minimum atomic E-state index is -3.57. The summed E-state index contributed by atoms with van der Waals surface area (Å²) in [6.07, 6.45) is 1.02. The second kappa shape index (κ2) is 3.08. The molecule has 1 unspecified atom stereocenters. The van der Waals surface area contributed by atoms with Crippen molar-refractivity contribution in [1.29, 1.82) is 4.78 Å². The van der Waals surface area contributed by atoms with E-state index >= 15 is 0 Å². The van der Waals surface area contributed by atoms with Crippen LogP contribution >= 0.6 is 0 Å². The molecule has 1 atom stereocenters. The van der Waals surface area contributed by atoms with Crippen LogP contribution in [0.4, 0.5) is 0 Å². The van der Waals surface area contributed by atoms with Gasteiger partial charge in [0.15, 0.2) is 0 Å². The molecule has 0 heterocycles. The van der Waals surface area contributed by atoms with Crippen LogP contribution < -0.4 is 4.13 Å².